The van der Waals surface area contributed by atoms with Crippen LogP contribution >= 0.6 is 11.8 Å². The Kier molecular flexibility index (Phi) is 5.55. The van der Waals surface area contributed by atoms with Crippen LogP contribution in [0.15, 0.2) is 58.5 Å². The van der Waals surface area contributed by atoms with Gasteiger partial charge in [-0.3, -0.25) is 19.7 Å². The third-order valence-electron chi connectivity index (χ3n) is 5.10. The number of nitrogens with zero attached hydrogens (tertiary/aromatic N) is 3. The number of benzene rings is 2. The maximum absolute atomic E-state index is 13.9. The van der Waals surface area contributed by atoms with E-state index in [9.17, 15) is 24.1 Å². The van der Waals surface area contributed by atoms with E-state index in [0.29, 0.717) is 22.1 Å². The molecule has 1 aliphatic rings. The molecule has 0 fully saturated rings. The van der Waals surface area contributed by atoms with Gasteiger partial charge in [0.2, 0.25) is 5.91 Å². The molecule has 158 valence electrons. The summed E-state index contributed by atoms with van der Waals surface area (Å²) in [5.41, 5.74) is 0.597. The predicted molar refractivity (Wildman–Crippen MR) is 114 cm³/mol. The number of fused-ring (bicyclic) bond motifs is 1. The maximum Gasteiger partial charge on any atom is 0.279 e. The predicted octanol–water partition coefficient (Wildman–Crippen LogP) is 3.59. The number of anilines is 1. The molecule has 10 heteroatoms. The number of rotatable bonds is 5. The average molecular weight is 440 g/mol. The summed E-state index contributed by atoms with van der Waals surface area (Å²) in [6.45, 7) is 0. The second-order valence-corrected chi connectivity index (χ2v) is 8.00. The van der Waals surface area contributed by atoms with E-state index in [2.05, 4.69) is 10.3 Å². The molecule has 1 N–H and O–H groups in total. The Morgan fingerprint density at radius 1 is 1.26 bits per heavy atom. The molecular weight excluding hydrogens is 423 g/mol. The Morgan fingerprint density at radius 2 is 2.03 bits per heavy atom. The SMILES string of the molecule is Cn1c(SCc2ccccc2F)nc(=O)c2c1NC(=O)CC2c1cccc([N+](=O)[O-])c1. The first kappa shape index (κ1) is 20.7. The molecule has 0 bridgehead atoms. The van der Waals surface area contributed by atoms with Crippen LogP contribution in [-0.4, -0.2) is 20.4 Å². The second kappa shape index (κ2) is 8.31. The van der Waals surface area contributed by atoms with Crippen molar-refractivity contribution in [3.8, 4) is 0 Å². The van der Waals surface area contributed by atoms with Crippen molar-refractivity contribution in [2.45, 2.75) is 23.2 Å². The Hall–Kier alpha value is -3.53. The summed E-state index contributed by atoms with van der Waals surface area (Å²) in [5, 5.41) is 14.2. The van der Waals surface area contributed by atoms with Crippen LogP contribution < -0.4 is 10.9 Å². The van der Waals surface area contributed by atoms with Crippen LogP contribution in [0.2, 0.25) is 0 Å². The quantitative estimate of drug-likeness (QED) is 0.281. The summed E-state index contributed by atoms with van der Waals surface area (Å²) in [7, 11) is 1.66. The number of halogens is 1. The molecule has 0 spiro atoms. The van der Waals surface area contributed by atoms with Crippen molar-refractivity contribution in [2.24, 2.45) is 7.05 Å². The van der Waals surface area contributed by atoms with E-state index in [1.807, 2.05) is 0 Å². The van der Waals surface area contributed by atoms with E-state index in [1.165, 1.54) is 36.0 Å². The zero-order valence-electron chi connectivity index (χ0n) is 16.4. The van der Waals surface area contributed by atoms with Gasteiger partial charge in [0, 0.05) is 37.3 Å². The first-order chi connectivity index (χ1) is 14.8. The Bertz CT molecular complexity index is 1260. The maximum atomic E-state index is 13.9. The van der Waals surface area contributed by atoms with E-state index in [1.54, 1.807) is 35.9 Å². The molecule has 1 amide bonds. The van der Waals surface area contributed by atoms with Crippen LogP contribution in [0.25, 0.3) is 0 Å². The fraction of sp³-hybridized carbons (Fsp3) is 0.190. The monoisotopic (exact) mass is 440 g/mol. The lowest BCUT2D eigenvalue weighted by Crippen LogP contribution is -2.33. The van der Waals surface area contributed by atoms with Gasteiger partial charge < -0.3 is 9.88 Å². The summed E-state index contributed by atoms with van der Waals surface area (Å²) in [5.74, 6) is -0.759. The van der Waals surface area contributed by atoms with Crippen LogP contribution in [-0.2, 0) is 17.6 Å². The van der Waals surface area contributed by atoms with Gasteiger partial charge in [-0.1, -0.05) is 42.1 Å². The third kappa shape index (κ3) is 4.06. The van der Waals surface area contributed by atoms with Crippen LogP contribution in [0.3, 0.4) is 0 Å². The van der Waals surface area contributed by atoms with Crippen molar-refractivity contribution in [3.05, 3.63) is 91.5 Å². The largest absolute Gasteiger partial charge is 0.312 e. The number of hydrogen-bond acceptors (Lipinski definition) is 6. The molecule has 2 heterocycles. The van der Waals surface area contributed by atoms with E-state index in [-0.39, 0.29) is 35.1 Å². The lowest BCUT2D eigenvalue weighted by atomic mass is 9.86. The fourth-order valence-electron chi connectivity index (χ4n) is 3.56. The highest BCUT2D eigenvalue weighted by atomic mass is 32.2. The Morgan fingerprint density at radius 3 is 2.77 bits per heavy atom. The Balaban J connectivity index is 1.74. The molecule has 3 aromatic rings. The molecule has 8 nitrogen and oxygen atoms in total. The van der Waals surface area contributed by atoms with Crippen molar-refractivity contribution >= 4 is 29.2 Å². The molecule has 1 aromatic heterocycles. The topological polar surface area (TPSA) is 107 Å². The van der Waals surface area contributed by atoms with Gasteiger partial charge in [0.1, 0.15) is 11.6 Å². The minimum absolute atomic E-state index is 0.0210. The summed E-state index contributed by atoms with van der Waals surface area (Å²) in [6.07, 6.45) is -0.0210. The van der Waals surface area contributed by atoms with Crippen LogP contribution in [0.4, 0.5) is 15.9 Å². The highest BCUT2D eigenvalue weighted by molar-refractivity contribution is 7.98. The van der Waals surface area contributed by atoms with Gasteiger partial charge in [-0.25, -0.2) is 4.39 Å². The zero-order valence-corrected chi connectivity index (χ0v) is 17.2. The van der Waals surface area contributed by atoms with Crippen molar-refractivity contribution in [3.63, 3.8) is 0 Å². The van der Waals surface area contributed by atoms with Gasteiger partial charge in [-0.2, -0.15) is 4.98 Å². The molecule has 0 saturated heterocycles. The molecule has 2 aromatic carbocycles. The minimum atomic E-state index is -0.652. The molecular formula is C21H17FN4O4S. The molecule has 1 atom stereocenters. The molecule has 0 radical (unpaired) electrons. The summed E-state index contributed by atoms with van der Waals surface area (Å²) in [6, 6.07) is 12.2. The number of nitro benzene ring substituents is 1. The lowest BCUT2D eigenvalue weighted by molar-refractivity contribution is -0.384. The molecule has 1 aliphatic heterocycles. The molecule has 4 rings (SSSR count). The third-order valence-corrected chi connectivity index (χ3v) is 6.18. The number of nitrogens with one attached hydrogen (secondary N) is 1. The number of carbonyl (C=O) groups excluding carboxylic acids is 1. The molecule has 0 saturated carbocycles. The van der Waals surface area contributed by atoms with E-state index < -0.39 is 16.4 Å². The van der Waals surface area contributed by atoms with Crippen molar-refractivity contribution in [2.75, 3.05) is 5.32 Å². The van der Waals surface area contributed by atoms with Gasteiger partial charge in [0.05, 0.1) is 10.5 Å². The number of non-ortho nitro benzene ring substituents is 1. The number of aromatic nitrogens is 2. The summed E-state index contributed by atoms with van der Waals surface area (Å²) < 4.78 is 15.5. The van der Waals surface area contributed by atoms with Gasteiger partial charge >= 0.3 is 0 Å². The van der Waals surface area contributed by atoms with Gasteiger partial charge in [0.25, 0.3) is 11.2 Å². The number of carbonyl (C=O) groups is 1. The fourth-order valence-corrected chi connectivity index (χ4v) is 4.51. The number of amides is 1. The van der Waals surface area contributed by atoms with E-state index >= 15 is 0 Å². The van der Waals surface area contributed by atoms with Crippen LogP contribution in [0, 0.1) is 15.9 Å². The molecule has 1 unspecified atom stereocenters. The second-order valence-electron chi connectivity index (χ2n) is 7.06. The smallest absolute Gasteiger partial charge is 0.279 e. The first-order valence-corrected chi connectivity index (χ1v) is 10.3. The van der Waals surface area contributed by atoms with Gasteiger partial charge in [-0.15, -0.1) is 0 Å². The van der Waals surface area contributed by atoms with Crippen LogP contribution in [0.1, 0.15) is 29.0 Å². The van der Waals surface area contributed by atoms with Crippen molar-refractivity contribution in [1.29, 1.82) is 0 Å². The normalized spacial score (nSPS) is 15.3. The molecule has 31 heavy (non-hydrogen) atoms. The summed E-state index contributed by atoms with van der Waals surface area (Å²) >= 11 is 1.18. The average Bonchev–Trinajstić information content (AvgIpc) is 2.75. The molecule has 0 aliphatic carbocycles. The van der Waals surface area contributed by atoms with Crippen LogP contribution in [0.5, 0.6) is 0 Å². The number of nitro groups is 1. The zero-order chi connectivity index (χ0) is 22.1. The highest BCUT2D eigenvalue weighted by Gasteiger charge is 2.32. The lowest BCUT2D eigenvalue weighted by Gasteiger charge is -2.27. The van der Waals surface area contributed by atoms with Crippen molar-refractivity contribution in [1.82, 2.24) is 9.55 Å². The minimum Gasteiger partial charge on any atom is -0.312 e. The Labute approximate surface area is 180 Å². The number of hydrogen-bond donors (Lipinski definition) is 1. The standard InChI is InChI=1S/C21H17FN4O4S/c1-25-19-18(20(28)24-21(25)31-11-13-5-2-3-8-16(13)22)15(10-17(27)23-19)12-6-4-7-14(9-12)26(29)30/h2-9,15H,10-11H2,1H3,(H,23,27). The van der Waals surface area contributed by atoms with Gasteiger partial charge in [0.15, 0.2) is 5.16 Å². The van der Waals surface area contributed by atoms with Gasteiger partial charge in [-0.05, 0) is 17.2 Å². The summed E-state index contributed by atoms with van der Waals surface area (Å²) in [4.78, 5) is 40.1. The number of thioether (sulfide) groups is 1. The highest BCUT2D eigenvalue weighted by Crippen LogP contribution is 2.37. The van der Waals surface area contributed by atoms with E-state index in [4.69, 9.17) is 0 Å². The van der Waals surface area contributed by atoms with Crippen molar-refractivity contribution < 1.29 is 14.1 Å². The first-order valence-electron chi connectivity index (χ1n) is 9.36. The van der Waals surface area contributed by atoms with E-state index in [0.717, 1.165) is 0 Å².